The van der Waals surface area contributed by atoms with Gasteiger partial charge in [-0.05, 0) is 48.0 Å². The number of nitrogens with two attached hydrogens (primary N) is 1. The van der Waals surface area contributed by atoms with E-state index in [9.17, 15) is 0 Å². The highest BCUT2D eigenvalue weighted by Crippen LogP contribution is 2.21. The van der Waals surface area contributed by atoms with Crippen LogP contribution in [0.3, 0.4) is 0 Å². The first-order valence-corrected chi connectivity index (χ1v) is 6.29. The highest BCUT2D eigenvalue weighted by atomic mass is 79.9. The van der Waals surface area contributed by atoms with Crippen molar-refractivity contribution >= 4 is 15.9 Å². The van der Waals surface area contributed by atoms with Gasteiger partial charge in [-0.25, -0.2) is 0 Å². The topological polar surface area (TPSA) is 56.7 Å². The molecule has 0 radical (unpaired) electrons. The van der Waals surface area contributed by atoms with E-state index in [-0.39, 0.29) is 6.04 Å². The molecule has 0 aliphatic rings. The molecule has 0 saturated heterocycles. The third-order valence-corrected chi connectivity index (χ3v) is 3.05. The van der Waals surface area contributed by atoms with Crippen LogP contribution in [0.5, 0.6) is 0 Å². The highest BCUT2D eigenvalue weighted by molar-refractivity contribution is 9.10. The Balaban J connectivity index is 2.33. The molecule has 0 spiro atoms. The number of nitrogens with zero attached hydrogens (tertiary/aromatic N) is 3. The molecule has 2 aromatic rings. The number of pyridine rings is 1. The predicted octanol–water partition coefficient (Wildman–Crippen LogP) is 2.67. The number of rotatable bonds is 3. The molecule has 2 aromatic heterocycles. The maximum Gasteiger partial charge on any atom is 0.0897 e. The monoisotopic (exact) mass is 294 g/mol. The molecule has 0 bridgehead atoms. The van der Waals surface area contributed by atoms with Crippen molar-refractivity contribution < 1.29 is 0 Å². The van der Waals surface area contributed by atoms with Gasteiger partial charge in [0.05, 0.1) is 17.4 Å². The number of halogens is 1. The minimum Gasteiger partial charge on any atom is -0.318 e. The van der Waals surface area contributed by atoms with E-state index in [1.807, 2.05) is 22.9 Å². The van der Waals surface area contributed by atoms with Crippen molar-refractivity contribution in [3.05, 3.63) is 46.5 Å². The van der Waals surface area contributed by atoms with Gasteiger partial charge in [0.2, 0.25) is 0 Å². The van der Waals surface area contributed by atoms with E-state index in [0.29, 0.717) is 6.04 Å². The lowest BCUT2D eigenvalue weighted by Crippen LogP contribution is -2.19. The predicted molar refractivity (Wildman–Crippen MR) is 70.6 cm³/mol. The summed E-state index contributed by atoms with van der Waals surface area (Å²) in [6.07, 6.45) is 3.53. The first kappa shape index (κ1) is 12.3. The van der Waals surface area contributed by atoms with Crippen LogP contribution in [0.2, 0.25) is 0 Å². The first-order valence-electron chi connectivity index (χ1n) is 5.50. The fourth-order valence-corrected chi connectivity index (χ4v) is 1.96. The summed E-state index contributed by atoms with van der Waals surface area (Å²) >= 11 is 3.36. The second-order valence-corrected chi connectivity index (χ2v) is 5.09. The molecule has 17 heavy (non-hydrogen) atoms. The minimum atomic E-state index is -0.243. The van der Waals surface area contributed by atoms with Crippen LogP contribution in [-0.4, -0.2) is 14.8 Å². The first-order chi connectivity index (χ1) is 8.09. The van der Waals surface area contributed by atoms with Crippen LogP contribution in [0.4, 0.5) is 0 Å². The fraction of sp³-hybridized carbons (Fsp3) is 0.333. The third-order valence-electron chi connectivity index (χ3n) is 2.58. The summed E-state index contributed by atoms with van der Waals surface area (Å²) in [4.78, 5) is 4.32. The van der Waals surface area contributed by atoms with Crippen molar-refractivity contribution in [2.75, 3.05) is 0 Å². The lowest BCUT2D eigenvalue weighted by atomic mass is 10.1. The molecule has 0 aliphatic heterocycles. The summed E-state index contributed by atoms with van der Waals surface area (Å²) in [6.45, 7) is 4.16. The summed E-state index contributed by atoms with van der Waals surface area (Å²) < 4.78 is 2.87. The molecule has 90 valence electrons. The van der Waals surface area contributed by atoms with Crippen LogP contribution in [0, 0.1) is 0 Å². The van der Waals surface area contributed by atoms with E-state index in [0.717, 1.165) is 15.9 Å². The lowest BCUT2D eigenvalue weighted by Gasteiger charge is -2.16. The zero-order valence-corrected chi connectivity index (χ0v) is 11.4. The molecule has 5 heteroatoms. The molecule has 0 amide bonds. The molecule has 1 unspecified atom stereocenters. The van der Waals surface area contributed by atoms with Gasteiger partial charge in [-0.3, -0.25) is 9.67 Å². The molecule has 0 fully saturated rings. The van der Waals surface area contributed by atoms with Gasteiger partial charge in [-0.15, -0.1) is 0 Å². The molecule has 0 saturated carbocycles. The minimum absolute atomic E-state index is 0.243. The average molecular weight is 295 g/mol. The Labute approximate surface area is 109 Å². The third kappa shape index (κ3) is 2.56. The zero-order chi connectivity index (χ0) is 12.4. The maximum absolute atomic E-state index is 6.21. The van der Waals surface area contributed by atoms with Crippen molar-refractivity contribution in [3.8, 4) is 0 Å². The summed E-state index contributed by atoms with van der Waals surface area (Å²) in [5, 5.41) is 4.28. The number of hydrogen-bond acceptors (Lipinski definition) is 3. The Morgan fingerprint density at radius 1 is 1.29 bits per heavy atom. The summed E-state index contributed by atoms with van der Waals surface area (Å²) in [6, 6.07) is 5.86. The van der Waals surface area contributed by atoms with Crippen LogP contribution < -0.4 is 5.73 Å². The van der Waals surface area contributed by atoms with E-state index in [1.54, 1.807) is 12.4 Å². The van der Waals surface area contributed by atoms with Crippen LogP contribution >= 0.6 is 15.9 Å². The van der Waals surface area contributed by atoms with Crippen molar-refractivity contribution in [1.82, 2.24) is 14.8 Å². The standard InChI is InChI=1S/C12H15BrN4/c1-8(2)17-11(5-6-16-17)12(14)10-4-3-9(13)7-15-10/h3-8,12H,14H2,1-2H3. The van der Waals surface area contributed by atoms with Crippen molar-refractivity contribution in [2.45, 2.75) is 25.9 Å². The Hall–Kier alpha value is -1.20. The van der Waals surface area contributed by atoms with E-state index >= 15 is 0 Å². The van der Waals surface area contributed by atoms with Crippen molar-refractivity contribution in [3.63, 3.8) is 0 Å². The van der Waals surface area contributed by atoms with Crippen LogP contribution in [-0.2, 0) is 0 Å². The van der Waals surface area contributed by atoms with Gasteiger partial charge in [0.25, 0.3) is 0 Å². The Morgan fingerprint density at radius 2 is 2.06 bits per heavy atom. The van der Waals surface area contributed by atoms with Gasteiger partial charge in [0, 0.05) is 22.9 Å². The lowest BCUT2D eigenvalue weighted by molar-refractivity contribution is 0.497. The summed E-state index contributed by atoms with van der Waals surface area (Å²) in [7, 11) is 0. The Kier molecular flexibility index (Phi) is 3.59. The van der Waals surface area contributed by atoms with Gasteiger partial charge in [-0.1, -0.05) is 0 Å². The second kappa shape index (κ2) is 4.98. The molecule has 0 aliphatic carbocycles. The van der Waals surface area contributed by atoms with E-state index in [2.05, 4.69) is 39.9 Å². The Morgan fingerprint density at radius 3 is 2.65 bits per heavy atom. The van der Waals surface area contributed by atoms with E-state index in [1.165, 1.54) is 0 Å². The molecular formula is C12H15BrN4. The van der Waals surface area contributed by atoms with Crippen LogP contribution in [0.15, 0.2) is 35.1 Å². The van der Waals surface area contributed by atoms with Crippen molar-refractivity contribution in [1.29, 1.82) is 0 Å². The SMILES string of the molecule is CC(C)n1nccc1C(N)c1ccc(Br)cn1. The number of hydrogen-bond donors (Lipinski definition) is 1. The highest BCUT2D eigenvalue weighted by Gasteiger charge is 2.16. The summed E-state index contributed by atoms with van der Waals surface area (Å²) in [5.41, 5.74) is 8.04. The summed E-state index contributed by atoms with van der Waals surface area (Å²) in [5.74, 6) is 0. The van der Waals surface area contributed by atoms with Gasteiger partial charge >= 0.3 is 0 Å². The van der Waals surface area contributed by atoms with Crippen LogP contribution in [0.1, 0.15) is 37.3 Å². The molecule has 2 heterocycles. The maximum atomic E-state index is 6.21. The molecular weight excluding hydrogens is 280 g/mol. The fourth-order valence-electron chi connectivity index (χ4n) is 1.72. The molecule has 0 aromatic carbocycles. The smallest absolute Gasteiger partial charge is 0.0897 e. The largest absolute Gasteiger partial charge is 0.318 e. The average Bonchev–Trinajstić information content (AvgIpc) is 2.78. The second-order valence-electron chi connectivity index (χ2n) is 4.17. The van der Waals surface area contributed by atoms with Gasteiger partial charge in [-0.2, -0.15) is 5.10 Å². The van der Waals surface area contributed by atoms with Gasteiger partial charge < -0.3 is 5.73 Å². The molecule has 2 rings (SSSR count). The molecule has 1 atom stereocenters. The molecule has 4 nitrogen and oxygen atoms in total. The quantitative estimate of drug-likeness (QED) is 0.947. The van der Waals surface area contributed by atoms with Gasteiger partial charge in [0.1, 0.15) is 0 Å². The van der Waals surface area contributed by atoms with Crippen molar-refractivity contribution in [2.24, 2.45) is 5.73 Å². The van der Waals surface area contributed by atoms with Gasteiger partial charge in [0.15, 0.2) is 0 Å². The zero-order valence-electron chi connectivity index (χ0n) is 9.84. The molecule has 2 N–H and O–H groups in total. The number of aromatic nitrogens is 3. The van der Waals surface area contributed by atoms with E-state index in [4.69, 9.17) is 5.73 Å². The van der Waals surface area contributed by atoms with Crippen LogP contribution in [0.25, 0.3) is 0 Å². The Bertz CT molecular complexity index is 489. The van der Waals surface area contributed by atoms with E-state index < -0.39 is 0 Å². The normalized spacial score (nSPS) is 13.0.